The van der Waals surface area contributed by atoms with E-state index in [1.54, 1.807) is 6.07 Å². The monoisotopic (exact) mass is 350 g/mol. The Labute approximate surface area is 138 Å². The molecule has 116 valence electrons. The Balaban J connectivity index is 2.03. The van der Waals surface area contributed by atoms with Crippen molar-refractivity contribution in [3.8, 4) is 0 Å². The van der Waals surface area contributed by atoms with Gasteiger partial charge in [-0.2, -0.15) is 0 Å². The highest BCUT2D eigenvalue weighted by molar-refractivity contribution is 7.22. The maximum absolute atomic E-state index is 13.2. The van der Waals surface area contributed by atoms with Crippen molar-refractivity contribution in [2.75, 3.05) is 5.32 Å². The third-order valence-corrected chi connectivity index (χ3v) is 4.85. The number of rotatable bonds is 3. The molecule has 5 nitrogen and oxygen atoms in total. The van der Waals surface area contributed by atoms with Crippen LogP contribution in [0.5, 0.6) is 0 Å². The topological polar surface area (TPSA) is 72.2 Å². The Bertz CT molecular complexity index is 942. The summed E-state index contributed by atoms with van der Waals surface area (Å²) >= 11 is 7.11. The van der Waals surface area contributed by atoms with Gasteiger partial charge in [-0.25, -0.2) is 4.39 Å². The van der Waals surface area contributed by atoms with Gasteiger partial charge in [0, 0.05) is 17.1 Å². The Hall–Kier alpha value is -2.51. The molecule has 0 aliphatic rings. The third-order valence-electron chi connectivity index (χ3n) is 3.12. The van der Waals surface area contributed by atoms with Crippen LogP contribution in [0, 0.1) is 15.9 Å². The van der Waals surface area contributed by atoms with Gasteiger partial charge >= 0.3 is 0 Å². The summed E-state index contributed by atoms with van der Waals surface area (Å²) in [5.41, 5.74) is 0.164. The zero-order chi connectivity index (χ0) is 16.6. The highest BCUT2D eigenvalue weighted by Crippen LogP contribution is 2.40. The maximum Gasteiger partial charge on any atom is 0.287 e. The molecular formula is C15H8ClFN2O3S. The van der Waals surface area contributed by atoms with Gasteiger partial charge in [-0.3, -0.25) is 14.9 Å². The van der Waals surface area contributed by atoms with Crippen molar-refractivity contribution < 1.29 is 14.1 Å². The van der Waals surface area contributed by atoms with Gasteiger partial charge in [0.15, 0.2) is 0 Å². The summed E-state index contributed by atoms with van der Waals surface area (Å²) in [6, 6.07) is 9.89. The molecule has 1 heterocycles. The third kappa shape index (κ3) is 2.88. The lowest BCUT2D eigenvalue weighted by atomic mass is 10.2. The second kappa shape index (κ2) is 5.94. The molecule has 0 saturated carbocycles. The normalized spacial score (nSPS) is 10.7. The van der Waals surface area contributed by atoms with Crippen LogP contribution in [0.2, 0.25) is 5.02 Å². The first-order valence-corrected chi connectivity index (χ1v) is 7.59. The molecule has 0 aliphatic carbocycles. The highest BCUT2D eigenvalue weighted by atomic mass is 35.5. The Morgan fingerprint density at radius 2 is 2.00 bits per heavy atom. The standard InChI is InChI=1S/C15H8ClFN2O3S/c16-12-10-5-2-6-11(19(21)22)13(10)23-14(12)15(20)18-9-4-1-3-8(17)7-9/h1-7H,(H,18,20). The van der Waals surface area contributed by atoms with Crippen molar-refractivity contribution in [3.05, 3.63) is 68.3 Å². The Morgan fingerprint density at radius 3 is 2.70 bits per heavy atom. The van der Waals surface area contributed by atoms with Crippen LogP contribution in [0.3, 0.4) is 0 Å². The lowest BCUT2D eigenvalue weighted by Gasteiger charge is -2.03. The van der Waals surface area contributed by atoms with Crippen molar-refractivity contribution in [1.82, 2.24) is 0 Å². The number of amides is 1. The fourth-order valence-electron chi connectivity index (χ4n) is 2.12. The highest BCUT2D eigenvalue weighted by Gasteiger charge is 2.22. The number of nitrogens with zero attached hydrogens (tertiary/aromatic N) is 1. The minimum atomic E-state index is -0.545. The Morgan fingerprint density at radius 1 is 1.26 bits per heavy atom. The summed E-state index contributed by atoms with van der Waals surface area (Å²) in [5, 5.41) is 14.2. The van der Waals surface area contributed by atoms with Gasteiger partial charge in [0.1, 0.15) is 15.4 Å². The van der Waals surface area contributed by atoms with Gasteiger partial charge in [0.2, 0.25) is 0 Å². The van der Waals surface area contributed by atoms with Crippen LogP contribution in [0.15, 0.2) is 42.5 Å². The molecule has 1 amide bonds. The first-order chi connectivity index (χ1) is 11.0. The fourth-order valence-corrected chi connectivity index (χ4v) is 3.61. The van der Waals surface area contributed by atoms with E-state index >= 15 is 0 Å². The molecule has 23 heavy (non-hydrogen) atoms. The number of hydrogen-bond donors (Lipinski definition) is 1. The van der Waals surface area contributed by atoms with Gasteiger partial charge in [-0.15, -0.1) is 11.3 Å². The average Bonchev–Trinajstić information content (AvgIpc) is 2.84. The number of fused-ring (bicyclic) bond motifs is 1. The fraction of sp³-hybridized carbons (Fsp3) is 0. The van der Waals surface area contributed by atoms with Crippen LogP contribution in [-0.2, 0) is 0 Å². The largest absolute Gasteiger partial charge is 0.321 e. The van der Waals surface area contributed by atoms with Crippen LogP contribution in [0.4, 0.5) is 15.8 Å². The summed E-state index contributed by atoms with van der Waals surface area (Å²) in [7, 11) is 0. The van der Waals surface area contributed by atoms with Gasteiger partial charge in [-0.1, -0.05) is 29.8 Å². The van der Waals surface area contributed by atoms with Crippen molar-refractivity contribution >= 4 is 50.3 Å². The van der Waals surface area contributed by atoms with E-state index < -0.39 is 16.6 Å². The summed E-state index contributed by atoms with van der Waals surface area (Å²) in [6.07, 6.45) is 0. The van der Waals surface area contributed by atoms with Gasteiger partial charge in [0.25, 0.3) is 11.6 Å². The molecule has 0 spiro atoms. The summed E-state index contributed by atoms with van der Waals surface area (Å²) < 4.78 is 13.5. The van der Waals surface area contributed by atoms with Gasteiger partial charge in [-0.05, 0) is 18.2 Å². The van der Waals surface area contributed by atoms with E-state index in [0.29, 0.717) is 10.1 Å². The predicted octanol–water partition coefficient (Wildman–Crippen LogP) is 4.85. The number of halogens is 2. The SMILES string of the molecule is O=C(Nc1cccc(F)c1)c1sc2c([N+](=O)[O-])cccc2c1Cl. The molecule has 3 aromatic rings. The number of non-ortho nitro benzene ring substituents is 1. The maximum atomic E-state index is 13.2. The summed E-state index contributed by atoms with van der Waals surface area (Å²) in [4.78, 5) is 23.0. The molecule has 0 radical (unpaired) electrons. The molecule has 0 unspecified atom stereocenters. The first-order valence-electron chi connectivity index (χ1n) is 6.39. The number of hydrogen-bond acceptors (Lipinski definition) is 4. The second-order valence-electron chi connectivity index (χ2n) is 4.62. The van der Waals surface area contributed by atoms with Crippen LogP contribution < -0.4 is 5.32 Å². The van der Waals surface area contributed by atoms with Crippen LogP contribution in [-0.4, -0.2) is 10.8 Å². The molecule has 1 N–H and O–H groups in total. The molecule has 3 rings (SSSR count). The van der Waals surface area contributed by atoms with E-state index in [1.807, 2.05) is 0 Å². The van der Waals surface area contributed by atoms with E-state index in [2.05, 4.69) is 5.32 Å². The number of thiophene rings is 1. The molecule has 0 bridgehead atoms. The van der Waals surface area contributed by atoms with Crippen LogP contribution in [0.1, 0.15) is 9.67 Å². The van der Waals surface area contributed by atoms with Gasteiger partial charge < -0.3 is 5.32 Å². The van der Waals surface area contributed by atoms with E-state index in [9.17, 15) is 19.3 Å². The van der Waals surface area contributed by atoms with Crippen molar-refractivity contribution in [2.45, 2.75) is 0 Å². The van der Waals surface area contributed by atoms with Gasteiger partial charge in [0.05, 0.1) is 9.95 Å². The molecular weight excluding hydrogens is 343 g/mol. The zero-order valence-corrected chi connectivity index (χ0v) is 13.0. The van der Waals surface area contributed by atoms with Crippen LogP contribution in [0.25, 0.3) is 10.1 Å². The lowest BCUT2D eigenvalue weighted by Crippen LogP contribution is -2.10. The molecule has 2 aromatic carbocycles. The van der Waals surface area contributed by atoms with E-state index in [-0.39, 0.29) is 21.3 Å². The van der Waals surface area contributed by atoms with Crippen molar-refractivity contribution in [2.24, 2.45) is 0 Å². The van der Waals surface area contributed by atoms with E-state index in [0.717, 1.165) is 11.3 Å². The number of nitro benzene ring substituents is 1. The van der Waals surface area contributed by atoms with E-state index in [4.69, 9.17) is 11.6 Å². The lowest BCUT2D eigenvalue weighted by molar-refractivity contribution is -0.382. The smallest absolute Gasteiger partial charge is 0.287 e. The molecule has 8 heteroatoms. The molecule has 0 fully saturated rings. The minimum Gasteiger partial charge on any atom is -0.321 e. The number of nitro groups is 1. The van der Waals surface area contributed by atoms with Crippen LogP contribution >= 0.6 is 22.9 Å². The molecule has 1 aromatic heterocycles. The summed E-state index contributed by atoms with van der Waals surface area (Å²) in [5.74, 6) is -1.03. The quantitative estimate of drug-likeness (QED) is 0.542. The van der Waals surface area contributed by atoms with E-state index in [1.165, 1.54) is 36.4 Å². The molecule has 0 saturated heterocycles. The zero-order valence-electron chi connectivity index (χ0n) is 11.4. The summed E-state index contributed by atoms with van der Waals surface area (Å²) in [6.45, 7) is 0. The average molecular weight is 351 g/mol. The predicted molar refractivity (Wildman–Crippen MR) is 87.8 cm³/mol. The number of carbonyl (C=O) groups excluding carboxylic acids is 1. The number of nitrogens with one attached hydrogen (secondary N) is 1. The first kappa shape index (κ1) is 15.4. The Kier molecular flexibility index (Phi) is 3.97. The van der Waals surface area contributed by atoms with Crippen molar-refractivity contribution in [1.29, 1.82) is 0 Å². The van der Waals surface area contributed by atoms with Crippen molar-refractivity contribution in [3.63, 3.8) is 0 Å². The second-order valence-corrected chi connectivity index (χ2v) is 6.02. The minimum absolute atomic E-state index is 0.112. The number of carbonyl (C=O) groups is 1. The molecule has 0 atom stereocenters. The number of benzene rings is 2. The molecule has 0 aliphatic heterocycles. The number of anilines is 1.